The van der Waals surface area contributed by atoms with Crippen LogP contribution in [0.3, 0.4) is 0 Å². The lowest BCUT2D eigenvalue weighted by molar-refractivity contribution is 1.15. The van der Waals surface area contributed by atoms with E-state index in [4.69, 9.17) is 0 Å². The van der Waals surface area contributed by atoms with Gasteiger partial charge in [0.25, 0.3) is 6.71 Å². The summed E-state index contributed by atoms with van der Waals surface area (Å²) < 4.78 is 5.00. The number of rotatable bonds is 10. The molecule has 0 atom stereocenters. The van der Waals surface area contributed by atoms with E-state index in [1.807, 2.05) is 0 Å². The smallest absolute Gasteiger partial charge is 0.252 e. The summed E-state index contributed by atoms with van der Waals surface area (Å²) in [6.07, 6.45) is 0. The summed E-state index contributed by atoms with van der Waals surface area (Å²) in [4.78, 5) is 5.27. The molecule has 0 radical (unpaired) electrons. The van der Waals surface area contributed by atoms with Gasteiger partial charge in [-0.1, -0.05) is 297 Å². The van der Waals surface area contributed by atoms with Gasteiger partial charge in [-0.2, -0.15) is 0 Å². The quantitative estimate of drug-likeness (QED) is 0.100. The van der Waals surface area contributed by atoms with E-state index in [0.717, 1.165) is 84.3 Å². The Hall–Kier alpha value is -13.5. The van der Waals surface area contributed by atoms with Crippen LogP contribution in [0.2, 0.25) is 0 Å². The second-order valence-corrected chi connectivity index (χ2v) is 27.4. The summed E-state index contributed by atoms with van der Waals surface area (Å²) in [5.41, 5.74) is 31.2. The summed E-state index contributed by atoms with van der Waals surface area (Å²) in [6.45, 7) is -0.227. The van der Waals surface area contributed by atoms with Crippen LogP contribution in [0.5, 0.6) is 0 Å². The Morgan fingerprint density at radius 2 is 0.505 bits per heavy atom. The Balaban J connectivity index is 0.884. The summed E-state index contributed by atoms with van der Waals surface area (Å²) >= 11 is 0. The Morgan fingerprint density at radius 1 is 0.184 bits per heavy atom. The maximum Gasteiger partial charge on any atom is 0.252 e. The Morgan fingerprint density at radius 3 is 0.942 bits per heavy atom. The van der Waals surface area contributed by atoms with Crippen LogP contribution in [0.25, 0.3) is 143 Å². The zero-order chi connectivity index (χ0) is 67.6. The molecule has 0 N–H and O–H groups in total. The van der Waals surface area contributed by atoms with Crippen molar-refractivity contribution in [2.24, 2.45) is 0 Å². The maximum absolute atomic E-state index is 2.64. The van der Waals surface area contributed by atoms with E-state index in [1.165, 1.54) is 109 Å². The monoisotopic (exact) mass is 1310 g/mol. The predicted molar refractivity (Wildman–Crippen MR) is 437 cm³/mol. The number of benzene rings is 17. The van der Waals surface area contributed by atoms with Gasteiger partial charge < -0.3 is 18.9 Å². The van der Waals surface area contributed by atoms with Gasteiger partial charge in [0.05, 0.1) is 39.1 Å². The van der Waals surface area contributed by atoms with Crippen LogP contribution >= 0.6 is 0 Å². The number of hydrogen-bond acceptors (Lipinski definition) is 2. The van der Waals surface area contributed by atoms with Crippen molar-refractivity contribution in [1.82, 2.24) is 9.13 Å². The molecule has 5 heteroatoms. The lowest BCUT2D eigenvalue weighted by atomic mass is 9.33. The van der Waals surface area contributed by atoms with Crippen molar-refractivity contribution >= 4 is 122 Å². The zero-order valence-corrected chi connectivity index (χ0v) is 56.2. The number of nitrogens with zero attached hydrogens (tertiary/aromatic N) is 4. The number of para-hydroxylation sites is 6. The fourth-order valence-electron chi connectivity index (χ4n) is 17.5. The SMILES string of the molecule is c1ccc(-c2cc(-c3ccccc3)cc(-c3c4ccccc4c(-c4ccc5c(c4)N(c4ccccc4-c4ccccc4)c4cc(-n6c7ccccc7c7ccccc76)cc6c4B5c4ccc(-n5c7ccccc7c7ccccc75)cc4N6c4ccccc4-c4ccccc4)c4ccccc34)c2)cc1. The Kier molecular flexibility index (Phi) is 13.4. The zero-order valence-electron chi connectivity index (χ0n) is 56.2. The van der Waals surface area contributed by atoms with Crippen molar-refractivity contribution in [2.75, 3.05) is 9.80 Å². The molecule has 0 aliphatic carbocycles. The van der Waals surface area contributed by atoms with E-state index >= 15 is 0 Å². The van der Waals surface area contributed by atoms with Crippen LogP contribution in [0.4, 0.5) is 34.1 Å². The normalized spacial score (nSPS) is 12.4. The van der Waals surface area contributed by atoms with E-state index in [-0.39, 0.29) is 6.71 Å². The molecule has 103 heavy (non-hydrogen) atoms. The topological polar surface area (TPSA) is 16.3 Å². The second kappa shape index (κ2) is 23.6. The molecular formula is C98H63BN4. The maximum atomic E-state index is 2.64. The van der Waals surface area contributed by atoms with Gasteiger partial charge in [-0.05, 0) is 178 Å². The molecule has 2 aliphatic rings. The number of fused-ring (bicyclic) bond motifs is 12. The van der Waals surface area contributed by atoms with E-state index in [1.54, 1.807) is 0 Å². The van der Waals surface area contributed by atoms with Crippen molar-refractivity contribution in [3.8, 4) is 78.1 Å². The molecule has 17 aromatic carbocycles. The highest BCUT2D eigenvalue weighted by Gasteiger charge is 2.45. The first-order valence-corrected chi connectivity index (χ1v) is 35.7. The molecular weight excluding hydrogens is 1240 g/mol. The molecule has 0 unspecified atom stereocenters. The number of hydrogen-bond donors (Lipinski definition) is 0. The first kappa shape index (κ1) is 58.5. The highest BCUT2D eigenvalue weighted by molar-refractivity contribution is 7.00. The van der Waals surface area contributed by atoms with Gasteiger partial charge in [-0.15, -0.1) is 0 Å². The second-order valence-electron chi connectivity index (χ2n) is 27.4. The van der Waals surface area contributed by atoms with Gasteiger partial charge >= 0.3 is 0 Å². The number of aromatic nitrogens is 2. The van der Waals surface area contributed by atoms with Crippen molar-refractivity contribution in [2.45, 2.75) is 0 Å². The van der Waals surface area contributed by atoms with E-state index in [9.17, 15) is 0 Å². The van der Waals surface area contributed by atoms with Crippen LogP contribution in [-0.2, 0) is 0 Å². The lowest BCUT2D eigenvalue weighted by Crippen LogP contribution is -2.61. The number of anilines is 6. The minimum atomic E-state index is -0.227. The molecule has 0 saturated heterocycles. The molecule has 0 amide bonds. The highest BCUT2D eigenvalue weighted by atomic mass is 15.2. The molecule has 0 spiro atoms. The Bertz CT molecular complexity index is 6410. The van der Waals surface area contributed by atoms with Crippen LogP contribution < -0.4 is 26.2 Å². The molecule has 0 saturated carbocycles. The van der Waals surface area contributed by atoms with Crippen LogP contribution in [0.15, 0.2) is 382 Å². The van der Waals surface area contributed by atoms with Gasteiger partial charge in [0.15, 0.2) is 0 Å². The fourth-order valence-corrected chi connectivity index (χ4v) is 17.5. The van der Waals surface area contributed by atoms with Crippen molar-refractivity contribution in [3.63, 3.8) is 0 Å². The highest BCUT2D eigenvalue weighted by Crippen LogP contribution is 2.53. The average molecular weight is 1310 g/mol. The van der Waals surface area contributed by atoms with Gasteiger partial charge in [-0.25, -0.2) is 0 Å². The molecule has 478 valence electrons. The van der Waals surface area contributed by atoms with Crippen molar-refractivity contribution < 1.29 is 0 Å². The molecule has 4 heterocycles. The minimum absolute atomic E-state index is 0.227. The molecule has 4 nitrogen and oxygen atoms in total. The van der Waals surface area contributed by atoms with Gasteiger partial charge in [-0.3, -0.25) is 0 Å². The standard InChI is InChI=1S/C98H63BN4/c1-5-29-64(30-6-1)69-57-70(65-31-7-2-8-32-65)59-71(58-69)97-82-45-15-13-43-80(82)96(81-44-14-16-46-83(81)97)68-53-55-84-92(60-68)102(86-47-23-17-37-74(86)66-33-9-3-10-34-66)94-62-73(101-90-51-27-21-41-78(90)79-42-22-28-52-91(79)101)63-95-98(94)99(84)85-56-54-72(100-88-49-25-19-39-76(88)77-40-20-26-50-89(77)100)61-93(85)103(95)87-48-24-18-38-75(87)67-35-11-4-12-36-67/h1-63H. The third-order valence-corrected chi connectivity index (χ3v) is 21.8. The van der Waals surface area contributed by atoms with Crippen LogP contribution in [0, 0.1) is 0 Å². The third-order valence-electron chi connectivity index (χ3n) is 21.8. The third kappa shape index (κ3) is 9.19. The van der Waals surface area contributed by atoms with Crippen molar-refractivity contribution in [3.05, 3.63) is 382 Å². The average Bonchev–Trinajstić information content (AvgIpc) is 0.758. The first-order valence-electron chi connectivity index (χ1n) is 35.7. The van der Waals surface area contributed by atoms with Gasteiger partial charge in [0, 0.05) is 61.1 Å². The predicted octanol–water partition coefficient (Wildman–Crippen LogP) is 24.3. The van der Waals surface area contributed by atoms with Crippen LogP contribution in [-0.4, -0.2) is 15.8 Å². The first-order chi connectivity index (χ1) is 51.1. The molecule has 0 bridgehead atoms. The molecule has 2 aromatic heterocycles. The van der Waals surface area contributed by atoms with Gasteiger partial charge in [0.1, 0.15) is 0 Å². The largest absolute Gasteiger partial charge is 0.311 e. The lowest BCUT2D eigenvalue weighted by Gasteiger charge is -2.45. The fraction of sp³-hybridized carbons (Fsp3) is 0. The van der Waals surface area contributed by atoms with E-state index in [2.05, 4.69) is 401 Å². The van der Waals surface area contributed by atoms with Gasteiger partial charge in [0.2, 0.25) is 0 Å². The summed E-state index contributed by atoms with van der Waals surface area (Å²) in [5, 5.41) is 9.66. The van der Waals surface area contributed by atoms with Crippen molar-refractivity contribution in [1.29, 1.82) is 0 Å². The van der Waals surface area contributed by atoms with Crippen LogP contribution in [0.1, 0.15) is 0 Å². The molecule has 2 aliphatic heterocycles. The molecule has 19 aromatic rings. The molecule has 0 fully saturated rings. The minimum Gasteiger partial charge on any atom is -0.311 e. The molecule has 21 rings (SSSR count). The van der Waals surface area contributed by atoms with E-state index < -0.39 is 0 Å². The van der Waals surface area contributed by atoms with E-state index in [0.29, 0.717) is 0 Å². The summed E-state index contributed by atoms with van der Waals surface area (Å²) in [6, 6.07) is 143. The summed E-state index contributed by atoms with van der Waals surface area (Å²) in [5.74, 6) is 0. The Labute approximate surface area is 597 Å². The summed E-state index contributed by atoms with van der Waals surface area (Å²) in [7, 11) is 0.